The van der Waals surface area contributed by atoms with Gasteiger partial charge < -0.3 is 20.1 Å². The highest BCUT2D eigenvalue weighted by Gasteiger charge is 2.38. The van der Waals surface area contributed by atoms with Crippen LogP contribution < -0.4 is 5.32 Å². The highest BCUT2D eigenvalue weighted by atomic mass is 16.5. The third kappa shape index (κ3) is 4.43. The lowest BCUT2D eigenvalue weighted by Gasteiger charge is -2.38. The summed E-state index contributed by atoms with van der Waals surface area (Å²) in [4.78, 5) is 38.9. The topological polar surface area (TPSA) is 95.9 Å². The zero-order valence-electron chi connectivity index (χ0n) is 19.7. The van der Waals surface area contributed by atoms with E-state index in [1.165, 1.54) is 11.1 Å². The first-order valence-corrected chi connectivity index (χ1v) is 12.3. The van der Waals surface area contributed by atoms with Gasteiger partial charge in [-0.2, -0.15) is 0 Å². The van der Waals surface area contributed by atoms with Crippen molar-refractivity contribution in [2.75, 3.05) is 13.2 Å². The molecule has 0 saturated carbocycles. The molecular formula is C28H30N2O5. The number of rotatable bonds is 5. The second-order valence-electron chi connectivity index (χ2n) is 9.66. The maximum Gasteiger partial charge on any atom is 0.407 e. The predicted octanol–water partition coefficient (Wildman–Crippen LogP) is 4.18. The smallest absolute Gasteiger partial charge is 0.407 e. The maximum atomic E-state index is 13.1. The van der Waals surface area contributed by atoms with Crippen LogP contribution in [-0.4, -0.2) is 53.2 Å². The summed E-state index contributed by atoms with van der Waals surface area (Å²) in [6.07, 6.45) is 4.86. The highest BCUT2D eigenvalue weighted by molar-refractivity contribution is 5.83. The Morgan fingerprint density at radius 3 is 2.34 bits per heavy atom. The highest BCUT2D eigenvalue weighted by Crippen LogP contribution is 2.44. The number of nitrogens with one attached hydrogen (secondary N) is 1. The van der Waals surface area contributed by atoms with Crippen LogP contribution in [0.25, 0.3) is 11.1 Å². The fourth-order valence-electron chi connectivity index (χ4n) is 5.78. The minimum Gasteiger partial charge on any atom is -0.481 e. The molecule has 7 heteroatoms. The lowest BCUT2D eigenvalue weighted by molar-refractivity contribution is -0.150. The van der Waals surface area contributed by atoms with Crippen molar-refractivity contribution in [1.29, 1.82) is 0 Å². The average molecular weight is 475 g/mol. The number of carbonyl (C=O) groups is 3. The minimum atomic E-state index is -0.855. The maximum absolute atomic E-state index is 13.1. The number of carboxylic acids is 1. The van der Waals surface area contributed by atoms with Crippen molar-refractivity contribution in [1.82, 2.24) is 10.2 Å². The van der Waals surface area contributed by atoms with Crippen LogP contribution in [0.2, 0.25) is 0 Å². The van der Waals surface area contributed by atoms with Crippen LogP contribution in [-0.2, 0) is 14.3 Å². The summed E-state index contributed by atoms with van der Waals surface area (Å²) >= 11 is 0. The molecule has 4 atom stereocenters. The Morgan fingerprint density at radius 1 is 1.03 bits per heavy atom. The number of piperidine rings is 1. The third-order valence-corrected chi connectivity index (χ3v) is 7.64. The van der Waals surface area contributed by atoms with Crippen LogP contribution in [0.1, 0.15) is 43.2 Å². The molecule has 2 aromatic carbocycles. The van der Waals surface area contributed by atoms with Gasteiger partial charge in [0.25, 0.3) is 0 Å². The molecule has 3 aliphatic rings. The van der Waals surface area contributed by atoms with Crippen molar-refractivity contribution in [3.63, 3.8) is 0 Å². The van der Waals surface area contributed by atoms with Gasteiger partial charge in [-0.05, 0) is 48.4 Å². The van der Waals surface area contributed by atoms with Crippen molar-refractivity contribution in [3.8, 4) is 11.1 Å². The first kappa shape index (κ1) is 23.1. The number of nitrogens with zero attached hydrogens (tertiary/aromatic N) is 1. The zero-order chi connectivity index (χ0) is 24.5. The molecule has 2 N–H and O–H groups in total. The summed E-state index contributed by atoms with van der Waals surface area (Å²) in [6, 6.07) is 15.7. The van der Waals surface area contributed by atoms with Crippen LogP contribution in [0.4, 0.5) is 4.79 Å². The molecular weight excluding hydrogens is 444 g/mol. The van der Waals surface area contributed by atoms with Gasteiger partial charge in [-0.3, -0.25) is 9.59 Å². The quantitative estimate of drug-likeness (QED) is 0.634. The van der Waals surface area contributed by atoms with Crippen molar-refractivity contribution in [2.24, 2.45) is 11.8 Å². The number of likely N-dealkylation sites (tertiary alicyclic amines) is 1. The van der Waals surface area contributed by atoms with Crippen LogP contribution in [0.5, 0.6) is 0 Å². The van der Waals surface area contributed by atoms with Crippen molar-refractivity contribution < 1.29 is 24.2 Å². The van der Waals surface area contributed by atoms with E-state index in [9.17, 15) is 19.5 Å². The fraction of sp³-hybridized carbons (Fsp3) is 0.393. The summed E-state index contributed by atoms with van der Waals surface area (Å²) in [6.45, 7) is 2.61. The summed E-state index contributed by atoms with van der Waals surface area (Å²) < 4.78 is 5.63. The number of aliphatic carboxylic acids is 1. The Morgan fingerprint density at radius 2 is 1.69 bits per heavy atom. The predicted molar refractivity (Wildman–Crippen MR) is 131 cm³/mol. The lowest BCUT2D eigenvalue weighted by Crippen LogP contribution is -2.51. The van der Waals surface area contributed by atoms with E-state index in [1.54, 1.807) is 11.8 Å². The van der Waals surface area contributed by atoms with Crippen LogP contribution >= 0.6 is 0 Å². The van der Waals surface area contributed by atoms with Crippen LogP contribution in [0, 0.1) is 11.8 Å². The molecule has 7 nitrogen and oxygen atoms in total. The Bertz CT molecular complexity index is 1130. The van der Waals surface area contributed by atoms with Crippen LogP contribution in [0.3, 0.4) is 0 Å². The number of fused-ring (bicyclic) bond motifs is 3. The number of ether oxygens (including phenoxy) is 1. The van der Waals surface area contributed by atoms with Crippen molar-refractivity contribution in [3.05, 3.63) is 71.8 Å². The fourth-order valence-corrected chi connectivity index (χ4v) is 5.78. The Hall–Kier alpha value is -3.61. The molecule has 182 valence electrons. The molecule has 0 radical (unpaired) electrons. The van der Waals surface area contributed by atoms with Gasteiger partial charge in [0.05, 0.1) is 17.9 Å². The first-order chi connectivity index (χ1) is 16.9. The van der Waals surface area contributed by atoms with Gasteiger partial charge in [0.2, 0.25) is 5.91 Å². The number of hydrogen-bond acceptors (Lipinski definition) is 4. The molecule has 2 aromatic rings. The third-order valence-electron chi connectivity index (χ3n) is 7.64. The normalized spacial score (nSPS) is 25.1. The van der Waals surface area contributed by atoms with Gasteiger partial charge in [-0.25, -0.2) is 4.79 Å². The monoisotopic (exact) mass is 474 g/mol. The molecule has 1 saturated heterocycles. The number of hydrogen-bond donors (Lipinski definition) is 2. The number of benzene rings is 2. The minimum absolute atomic E-state index is 0.00985. The molecule has 1 fully saturated rings. The van der Waals surface area contributed by atoms with E-state index in [4.69, 9.17) is 4.74 Å². The van der Waals surface area contributed by atoms with E-state index in [1.807, 2.05) is 36.4 Å². The standard InChI is InChI=1S/C28H30N2O5/c1-17-20(27(32)33)11-6-14-30(17)26(31)18-12-13-19(15-18)29-28(34)35-16-25-23-9-4-2-7-21(23)22-8-3-5-10-24(22)25/h2-5,7-10,12-13,17-20,25H,6,11,14-16H2,1H3,(H,29,34)(H,32,33)/t17-,18?,19?,20-/m1/s1. The Kier molecular flexibility index (Phi) is 6.32. The molecule has 2 aliphatic carbocycles. The summed E-state index contributed by atoms with van der Waals surface area (Å²) in [5, 5.41) is 12.3. The van der Waals surface area contributed by atoms with Gasteiger partial charge in [0.1, 0.15) is 6.61 Å². The Labute approximate surface area is 204 Å². The SMILES string of the molecule is C[C@@H]1[C@H](C(=O)O)CCCN1C(=O)C1C=CC(NC(=O)OCC2c3ccccc3-c3ccccc32)C1. The van der Waals surface area contributed by atoms with E-state index >= 15 is 0 Å². The van der Waals surface area contributed by atoms with Gasteiger partial charge in [0, 0.05) is 18.5 Å². The summed E-state index contributed by atoms with van der Waals surface area (Å²) in [5.41, 5.74) is 4.66. The average Bonchev–Trinajstić information content (AvgIpc) is 3.45. The van der Waals surface area contributed by atoms with E-state index in [0.29, 0.717) is 25.8 Å². The molecule has 35 heavy (non-hydrogen) atoms. The molecule has 2 amide bonds. The molecule has 0 bridgehead atoms. The van der Waals surface area contributed by atoms with Gasteiger partial charge in [-0.1, -0.05) is 60.7 Å². The van der Waals surface area contributed by atoms with E-state index in [-0.39, 0.29) is 36.4 Å². The molecule has 2 unspecified atom stereocenters. The first-order valence-electron chi connectivity index (χ1n) is 12.3. The number of alkyl carbamates (subject to hydrolysis) is 1. The summed E-state index contributed by atoms with van der Waals surface area (Å²) in [5.74, 6) is -1.84. The molecule has 1 aliphatic heterocycles. The Balaban J connectivity index is 1.16. The molecule has 0 spiro atoms. The molecule has 5 rings (SSSR count). The van der Waals surface area contributed by atoms with Crippen molar-refractivity contribution >= 4 is 18.0 Å². The number of carbonyl (C=O) groups excluding carboxylic acids is 2. The zero-order valence-corrected chi connectivity index (χ0v) is 19.7. The molecule has 1 heterocycles. The number of carboxylic acid groups (broad SMARTS) is 1. The van der Waals surface area contributed by atoms with E-state index in [2.05, 4.69) is 29.6 Å². The van der Waals surface area contributed by atoms with Crippen LogP contribution in [0.15, 0.2) is 60.7 Å². The second-order valence-corrected chi connectivity index (χ2v) is 9.66. The lowest BCUT2D eigenvalue weighted by atomic mass is 9.89. The summed E-state index contributed by atoms with van der Waals surface area (Å²) in [7, 11) is 0. The van der Waals surface area contributed by atoms with E-state index in [0.717, 1.165) is 11.1 Å². The molecule has 0 aromatic heterocycles. The van der Waals surface area contributed by atoms with Gasteiger partial charge in [0.15, 0.2) is 0 Å². The number of amides is 2. The van der Waals surface area contributed by atoms with E-state index < -0.39 is 18.0 Å². The largest absolute Gasteiger partial charge is 0.481 e. The van der Waals surface area contributed by atoms with Gasteiger partial charge >= 0.3 is 12.1 Å². The van der Waals surface area contributed by atoms with Gasteiger partial charge in [-0.15, -0.1) is 0 Å². The second kappa shape index (κ2) is 9.56. The van der Waals surface area contributed by atoms with Crippen molar-refractivity contribution in [2.45, 2.75) is 44.2 Å².